The topological polar surface area (TPSA) is 38.7 Å². The zero-order valence-corrected chi connectivity index (χ0v) is 24.0. The Bertz CT molecular complexity index is 2170. The van der Waals surface area contributed by atoms with Crippen LogP contribution in [0.2, 0.25) is 0 Å². The molecule has 4 heteroatoms. The smallest absolute Gasteiger partial charge is 0.160 e. The van der Waals surface area contributed by atoms with Gasteiger partial charge in [-0.05, 0) is 40.6 Å². The van der Waals surface area contributed by atoms with Crippen LogP contribution in [0.5, 0.6) is 0 Å². The van der Waals surface area contributed by atoms with Gasteiger partial charge in [-0.1, -0.05) is 127 Å². The molecule has 0 fully saturated rings. The Morgan fingerprint density at radius 2 is 0.953 bits per heavy atom. The van der Waals surface area contributed by atoms with Gasteiger partial charge in [-0.15, -0.1) is 11.3 Å². The van der Waals surface area contributed by atoms with E-state index in [1.807, 2.05) is 42.5 Å². The van der Waals surface area contributed by atoms with Crippen LogP contribution < -0.4 is 0 Å². The molecule has 2 heterocycles. The molecule has 0 spiro atoms. The Hall–Kier alpha value is -5.45. The minimum absolute atomic E-state index is 0.717. The van der Waals surface area contributed by atoms with Gasteiger partial charge >= 0.3 is 0 Å². The summed E-state index contributed by atoms with van der Waals surface area (Å²) in [4.78, 5) is 15.0. The van der Waals surface area contributed by atoms with Crippen LogP contribution in [0.25, 0.3) is 76.6 Å². The number of hydrogen-bond donors (Lipinski definition) is 0. The lowest BCUT2D eigenvalue weighted by Gasteiger charge is -2.10. The number of rotatable bonds is 5. The molecule has 0 N–H and O–H groups in total. The van der Waals surface area contributed by atoms with Crippen LogP contribution in [0.15, 0.2) is 152 Å². The summed E-state index contributed by atoms with van der Waals surface area (Å²) in [5.41, 5.74) is 9.52. The van der Waals surface area contributed by atoms with Crippen molar-refractivity contribution in [2.24, 2.45) is 0 Å². The van der Waals surface area contributed by atoms with E-state index < -0.39 is 0 Å². The summed E-state index contributed by atoms with van der Waals surface area (Å²) in [5.74, 6) is 0.717. The van der Waals surface area contributed by atoms with E-state index >= 15 is 0 Å². The molecule has 0 bridgehead atoms. The van der Waals surface area contributed by atoms with E-state index in [0.717, 1.165) is 49.6 Å². The number of thiazole rings is 1. The third-order valence-electron chi connectivity index (χ3n) is 7.71. The standard InChI is InChI=1S/C39H25N3S/c1-4-11-26(12-5-1)35-25-36(27-13-6-2-7-14-27)41-38(40-35)32-22-20-29-23-31(21-19-30(29)24-32)33-17-10-18-34-37(33)43-39(42-34)28-15-8-3-9-16-28/h1-25H. The Morgan fingerprint density at radius 3 is 1.58 bits per heavy atom. The molecule has 2 aromatic heterocycles. The predicted molar refractivity (Wildman–Crippen MR) is 180 cm³/mol. The first-order valence-electron chi connectivity index (χ1n) is 14.3. The van der Waals surface area contributed by atoms with Gasteiger partial charge in [0.15, 0.2) is 5.82 Å². The molecule has 0 aliphatic heterocycles. The zero-order chi connectivity index (χ0) is 28.6. The van der Waals surface area contributed by atoms with Crippen molar-refractivity contribution in [3.05, 3.63) is 152 Å². The first-order valence-corrected chi connectivity index (χ1v) is 15.1. The van der Waals surface area contributed by atoms with Crippen LogP contribution in [0.4, 0.5) is 0 Å². The van der Waals surface area contributed by atoms with Gasteiger partial charge < -0.3 is 0 Å². The fourth-order valence-electron chi connectivity index (χ4n) is 5.52. The van der Waals surface area contributed by atoms with Gasteiger partial charge in [-0.2, -0.15) is 0 Å². The first kappa shape index (κ1) is 25.3. The van der Waals surface area contributed by atoms with Crippen molar-refractivity contribution in [3.63, 3.8) is 0 Å². The largest absolute Gasteiger partial charge is 0.236 e. The fourth-order valence-corrected chi connectivity index (χ4v) is 6.63. The second-order valence-electron chi connectivity index (χ2n) is 10.5. The second-order valence-corrected chi connectivity index (χ2v) is 11.5. The first-order chi connectivity index (χ1) is 21.3. The molecule has 0 amide bonds. The highest BCUT2D eigenvalue weighted by Crippen LogP contribution is 2.38. The molecule has 0 aliphatic rings. The summed E-state index contributed by atoms with van der Waals surface area (Å²) in [6.45, 7) is 0. The van der Waals surface area contributed by atoms with Crippen LogP contribution in [-0.2, 0) is 0 Å². The highest BCUT2D eigenvalue weighted by molar-refractivity contribution is 7.22. The van der Waals surface area contributed by atoms with E-state index in [9.17, 15) is 0 Å². The molecule has 0 saturated carbocycles. The van der Waals surface area contributed by atoms with Gasteiger partial charge in [0.25, 0.3) is 0 Å². The molecular weight excluding hydrogens is 543 g/mol. The molecule has 202 valence electrons. The lowest BCUT2D eigenvalue weighted by molar-refractivity contribution is 1.18. The molecule has 0 unspecified atom stereocenters. The molecule has 8 aromatic rings. The van der Waals surface area contributed by atoms with Crippen molar-refractivity contribution in [2.75, 3.05) is 0 Å². The van der Waals surface area contributed by atoms with E-state index in [1.54, 1.807) is 11.3 Å². The van der Waals surface area contributed by atoms with Gasteiger partial charge in [0.1, 0.15) is 5.01 Å². The summed E-state index contributed by atoms with van der Waals surface area (Å²) in [6, 6.07) is 52.6. The third kappa shape index (κ3) is 4.88. The Morgan fingerprint density at radius 1 is 0.395 bits per heavy atom. The van der Waals surface area contributed by atoms with Crippen LogP contribution in [0.1, 0.15) is 0 Å². The Kier molecular flexibility index (Phi) is 6.32. The predicted octanol–water partition coefficient (Wildman–Crippen LogP) is 10.6. The van der Waals surface area contributed by atoms with Crippen LogP contribution >= 0.6 is 11.3 Å². The van der Waals surface area contributed by atoms with Gasteiger partial charge in [0.05, 0.1) is 21.6 Å². The van der Waals surface area contributed by atoms with E-state index in [-0.39, 0.29) is 0 Å². The van der Waals surface area contributed by atoms with Crippen LogP contribution in [-0.4, -0.2) is 15.0 Å². The molecule has 0 atom stereocenters. The van der Waals surface area contributed by atoms with Gasteiger partial charge in [-0.25, -0.2) is 15.0 Å². The van der Waals surface area contributed by atoms with Crippen molar-refractivity contribution in [1.82, 2.24) is 15.0 Å². The maximum Gasteiger partial charge on any atom is 0.160 e. The molecule has 3 nitrogen and oxygen atoms in total. The third-order valence-corrected chi connectivity index (χ3v) is 8.86. The van der Waals surface area contributed by atoms with Crippen molar-refractivity contribution < 1.29 is 0 Å². The number of hydrogen-bond acceptors (Lipinski definition) is 4. The van der Waals surface area contributed by atoms with E-state index in [4.69, 9.17) is 15.0 Å². The molecule has 0 radical (unpaired) electrons. The fraction of sp³-hybridized carbons (Fsp3) is 0. The number of aromatic nitrogens is 3. The Labute approximate surface area is 253 Å². The van der Waals surface area contributed by atoms with Crippen LogP contribution in [0, 0.1) is 0 Å². The van der Waals surface area contributed by atoms with E-state index in [2.05, 4.69) is 109 Å². The van der Waals surface area contributed by atoms with Gasteiger partial charge in [-0.3, -0.25) is 0 Å². The van der Waals surface area contributed by atoms with E-state index in [0.29, 0.717) is 5.82 Å². The summed E-state index contributed by atoms with van der Waals surface area (Å²) >= 11 is 1.75. The highest BCUT2D eigenvalue weighted by atomic mass is 32.1. The van der Waals surface area contributed by atoms with Gasteiger partial charge in [0, 0.05) is 27.8 Å². The molecule has 8 rings (SSSR count). The monoisotopic (exact) mass is 567 g/mol. The summed E-state index contributed by atoms with van der Waals surface area (Å²) in [5, 5.41) is 3.37. The molecule has 0 saturated heterocycles. The van der Waals surface area contributed by atoms with Crippen LogP contribution in [0.3, 0.4) is 0 Å². The van der Waals surface area contributed by atoms with Gasteiger partial charge in [0.2, 0.25) is 0 Å². The number of nitrogens with zero attached hydrogens (tertiary/aromatic N) is 3. The quantitative estimate of drug-likeness (QED) is 0.208. The lowest BCUT2D eigenvalue weighted by atomic mass is 9.99. The van der Waals surface area contributed by atoms with Crippen molar-refractivity contribution in [2.45, 2.75) is 0 Å². The average Bonchev–Trinajstić information content (AvgIpc) is 3.54. The molecule has 43 heavy (non-hydrogen) atoms. The van der Waals surface area contributed by atoms with Crippen molar-refractivity contribution >= 4 is 32.3 Å². The minimum Gasteiger partial charge on any atom is -0.236 e. The van der Waals surface area contributed by atoms with Crippen molar-refractivity contribution in [3.8, 4) is 55.6 Å². The normalized spacial score (nSPS) is 11.3. The second kappa shape index (κ2) is 10.8. The Balaban J connectivity index is 1.20. The molecule has 0 aliphatic carbocycles. The van der Waals surface area contributed by atoms with Crippen molar-refractivity contribution in [1.29, 1.82) is 0 Å². The SMILES string of the molecule is c1ccc(-c2cc(-c3ccccc3)nc(-c3ccc4cc(-c5cccc6nc(-c7ccccc7)sc56)ccc4c3)n2)cc1. The summed E-state index contributed by atoms with van der Waals surface area (Å²) < 4.78 is 1.21. The minimum atomic E-state index is 0.717. The maximum atomic E-state index is 5.02. The van der Waals surface area contributed by atoms with E-state index in [1.165, 1.54) is 21.2 Å². The average molecular weight is 568 g/mol. The maximum absolute atomic E-state index is 5.02. The number of benzene rings is 6. The molecule has 6 aromatic carbocycles. The lowest BCUT2D eigenvalue weighted by Crippen LogP contribution is -1.96. The highest BCUT2D eigenvalue weighted by Gasteiger charge is 2.13. The summed E-state index contributed by atoms with van der Waals surface area (Å²) in [7, 11) is 0. The summed E-state index contributed by atoms with van der Waals surface area (Å²) in [6.07, 6.45) is 0. The molecular formula is C39H25N3S. The number of fused-ring (bicyclic) bond motifs is 2. The zero-order valence-electron chi connectivity index (χ0n) is 23.2.